The lowest BCUT2D eigenvalue weighted by Crippen LogP contribution is -2.27. The minimum atomic E-state index is -0.642. The Balaban J connectivity index is 2.36. The van der Waals surface area contributed by atoms with Crippen molar-refractivity contribution in [1.82, 2.24) is 0 Å². The second kappa shape index (κ2) is 8.16. The van der Waals surface area contributed by atoms with Crippen LogP contribution in [-0.2, 0) is 4.79 Å². The Labute approximate surface area is 174 Å². The summed E-state index contributed by atoms with van der Waals surface area (Å²) < 4.78 is 7.12. The molecule has 0 saturated carbocycles. The van der Waals surface area contributed by atoms with Gasteiger partial charge in [-0.3, -0.25) is 4.79 Å². The highest BCUT2D eigenvalue weighted by atomic mass is 79.9. The second-order valence-corrected chi connectivity index (χ2v) is 8.98. The molecule has 0 amide bonds. The number of rotatable bonds is 3. The number of anilines is 1. The molecule has 0 saturated heterocycles. The molecule has 0 radical (unpaired) electrons. The number of carbonyl (C=O) groups is 1. The van der Waals surface area contributed by atoms with E-state index in [4.69, 9.17) is 28.6 Å². The van der Waals surface area contributed by atoms with Crippen LogP contribution in [0, 0.1) is 5.41 Å². The van der Waals surface area contributed by atoms with Crippen molar-refractivity contribution in [1.29, 1.82) is 0 Å². The predicted molar refractivity (Wildman–Crippen MR) is 114 cm³/mol. The number of esters is 1. The van der Waals surface area contributed by atoms with Gasteiger partial charge in [0.2, 0.25) is 0 Å². The molecule has 1 N–H and O–H groups in total. The van der Waals surface area contributed by atoms with Crippen LogP contribution in [0.2, 0.25) is 5.02 Å². The number of nitrogens with one attached hydrogen (secondary N) is 1. The van der Waals surface area contributed by atoms with Crippen molar-refractivity contribution in [3.05, 3.63) is 55.9 Å². The van der Waals surface area contributed by atoms with Gasteiger partial charge in [-0.05, 0) is 73.1 Å². The minimum Gasteiger partial charge on any atom is -0.424 e. The summed E-state index contributed by atoms with van der Waals surface area (Å²) >= 11 is 18.4. The lowest BCUT2D eigenvalue weighted by Gasteiger charge is -2.20. The summed E-state index contributed by atoms with van der Waals surface area (Å²) in [6.45, 7) is 5.37. The summed E-state index contributed by atoms with van der Waals surface area (Å²) in [7, 11) is 0. The first-order chi connectivity index (χ1) is 11.6. The Morgan fingerprint density at radius 3 is 2.32 bits per heavy atom. The van der Waals surface area contributed by atoms with E-state index in [1.54, 1.807) is 32.9 Å². The molecule has 7 heteroatoms. The molecule has 0 aliphatic rings. The summed E-state index contributed by atoms with van der Waals surface area (Å²) in [5.41, 5.74) is 0.712. The van der Waals surface area contributed by atoms with Crippen molar-refractivity contribution >= 4 is 72.3 Å². The van der Waals surface area contributed by atoms with E-state index >= 15 is 0 Å². The summed E-state index contributed by atoms with van der Waals surface area (Å²) in [6.07, 6.45) is 0. The molecule has 2 aromatic carbocycles. The van der Waals surface area contributed by atoms with Gasteiger partial charge in [-0.15, -0.1) is 0 Å². The Hall–Kier alpha value is -0.950. The monoisotopic (exact) mass is 503 g/mol. The van der Waals surface area contributed by atoms with E-state index in [2.05, 4.69) is 37.2 Å². The quantitative estimate of drug-likeness (QED) is 0.290. The number of carbonyl (C=O) groups excluding carboxylic acids is 1. The molecule has 0 unspecified atom stereocenters. The third-order valence-corrected chi connectivity index (χ3v) is 4.82. The highest BCUT2D eigenvalue weighted by Crippen LogP contribution is 2.35. The molecule has 25 heavy (non-hydrogen) atoms. The molecule has 132 valence electrons. The van der Waals surface area contributed by atoms with E-state index in [1.807, 2.05) is 24.3 Å². The van der Waals surface area contributed by atoms with Crippen molar-refractivity contribution in [3.63, 3.8) is 0 Å². The van der Waals surface area contributed by atoms with Crippen LogP contribution >= 0.6 is 55.7 Å². The first kappa shape index (κ1) is 20.4. The van der Waals surface area contributed by atoms with Gasteiger partial charge < -0.3 is 10.1 Å². The maximum absolute atomic E-state index is 12.3. The third kappa shape index (κ3) is 5.51. The van der Waals surface area contributed by atoms with E-state index < -0.39 is 5.41 Å². The Bertz CT molecular complexity index is 817. The van der Waals surface area contributed by atoms with Gasteiger partial charge in [-0.25, -0.2) is 0 Å². The summed E-state index contributed by atoms with van der Waals surface area (Å²) in [5.74, 6) is -0.0119. The Morgan fingerprint density at radius 2 is 1.76 bits per heavy atom. The topological polar surface area (TPSA) is 38.3 Å². The van der Waals surface area contributed by atoms with E-state index in [0.717, 1.165) is 10.2 Å². The van der Waals surface area contributed by atoms with Gasteiger partial charge in [-0.2, -0.15) is 0 Å². The SMILES string of the molecule is CC(C)(C)C(=O)Oc1c(Br)cc(Cl)cc1C(=S)Nc1ccc(Br)cc1. The molecule has 0 aliphatic heterocycles. The average molecular weight is 506 g/mol. The molecule has 2 aromatic rings. The van der Waals surface area contributed by atoms with Crippen LogP contribution < -0.4 is 10.1 Å². The fourth-order valence-electron chi connectivity index (χ4n) is 1.81. The lowest BCUT2D eigenvalue weighted by molar-refractivity contribution is -0.143. The molecule has 2 rings (SSSR count). The van der Waals surface area contributed by atoms with Gasteiger partial charge in [0.1, 0.15) is 4.99 Å². The maximum Gasteiger partial charge on any atom is 0.316 e. The fraction of sp³-hybridized carbons (Fsp3) is 0.222. The molecule has 0 atom stereocenters. The normalized spacial score (nSPS) is 11.1. The Morgan fingerprint density at radius 1 is 1.16 bits per heavy atom. The van der Waals surface area contributed by atoms with Crippen molar-refractivity contribution in [2.75, 3.05) is 5.32 Å². The molecular weight excluding hydrogens is 490 g/mol. The number of hydrogen-bond donors (Lipinski definition) is 1. The van der Waals surface area contributed by atoms with Crippen LogP contribution in [0.3, 0.4) is 0 Å². The summed E-state index contributed by atoms with van der Waals surface area (Å²) in [5, 5.41) is 3.62. The van der Waals surface area contributed by atoms with Crippen molar-refractivity contribution in [3.8, 4) is 5.75 Å². The van der Waals surface area contributed by atoms with Crippen LogP contribution in [-0.4, -0.2) is 11.0 Å². The number of halogens is 3. The Kier molecular flexibility index (Phi) is 6.65. The zero-order valence-electron chi connectivity index (χ0n) is 13.8. The molecular formula is C18H16Br2ClNO2S. The van der Waals surface area contributed by atoms with Crippen LogP contribution in [0.4, 0.5) is 5.69 Å². The molecule has 3 nitrogen and oxygen atoms in total. The van der Waals surface area contributed by atoms with Gasteiger partial charge >= 0.3 is 5.97 Å². The number of benzene rings is 2. The van der Waals surface area contributed by atoms with E-state index in [-0.39, 0.29) is 5.97 Å². The average Bonchev–Trinajstić information content (AvgIpc) is 2.50. The lowest BCUT2D eigenvalue weighted by atomic mass is 9.97. The highest BCUT2D eigenvalue weighted by Gasteiger charge is 2.26. The predicted octanol–water partition coefficient (Wildman–Crippen LogP) is 6.60. The maximum atomic E-state index is 12.3. The largest absolute Gasteiger partial charge is 0.424 e. The second-order valence-electron chi connectivity index (χ2n) is 6.36. The smallest absolute Gasteiger partial charge is 0.316 e. The molecule has 0 bridgehead atoms. The molecule has 0 heterocycles. The van der Waals surface area contributed by atoms with E-state index in [9.17, 15) is 4.79 Å². The number of hydrogen-bond acceptors (Lipinski definition) is 3. The van der Waals surface area contributed by atoms with Gasteiger partial charge in [0.05, 0.1) is 15.5 Å². The van der Waals surface area contributed by atoms with E-state index in [0.29, 0.717) is 25.8 Å². The van der Waals surface area contributed by atoms with Crippen LogP contribution in [0.25, 0.3) is 0 Å². The van der Waals surface area contributed by atoms with Gasteiger partial charge in [0.25, 0.3) is 0 Å². The molecule has 0 aliphatic carbocycles. The first-order valence-corrected chi connectivity index (χ1v) is 9.73. The van der Waals surface area contributed by atoms with Gasteiger partial charge in [0.15, 0.2) is 5.75 Å². The van der Waals surface area contributed by atoms with Gasteiger partial charge in [0, 0.05) is 15.2 Å². The van der Waals surface area contributed by atoms with Crippen LogP contribution in [0.1, 0.15) is 26.3 Å². The number of ether oxygens (including phenoxy) is 1. The highest BCUT2D eigenvalue weighted by molar-refractivity contribution is 9.10. The van der Waals surface area contributed by atoms with Crippen molar-refractivity contribution in [2.24, 2.45) is 5.41 Å². The zero-order chi connectivity index (χ0) is 18.8. The van der Waals surface area contributed by atoms with Crippen molar-refractivity contribution in [2.45, 2.75) is 20.8 Å². The minimum absolute atomic E-state index is 0.346. The standard InChI is InChI=1S/C18H16Br2ClNO2S/c1-18(2,3)17(23)24-15-13(8-11(21)9-14(15)20)16(25)22-12-6-4-10(19)5-7-12/h4-9H,1-3H3,(H,22,25). The molecule has 0 fully saturated rings. The first-order valence-electron chi connectivity index (χ1n) is 7.36. The van der Waals surface area contributed by atoms with Crippen molar-refractivity contribution < 1.29 is 9.53 Å². The molecule has 0 aromatic heterocycles. The van der Waals surface area contributed by atoms with Gasteiger partial charge in [-0.1, -0.05) is 39.7 Å². The third-order valence-electron chi connectivity index (χ3n) is 3.16. The zero-order valence-corrected chi connectivity index (χ0v) is 18.6. The molecule has 0 spiro atoms. The number of thiocarbonyl (C=S) groups is 1. The summed E-state index contributed by atoms with van der Waals surface area (Å²) in [4.78, 5) is 12.7. The summed E-state index contributed by atoms with van der Waals surface area (Å²) in [6, 6.07) is 10.9. The fourth-order valence-corrected chi connectivity index (χ4v) is 3.24. The van der Waals surface area contributed by atoms with Crippen LogP contribution in [0.15, 0.2) is 45.3 Å². The van der Waals surface area contributed by atoms with Crippen LogP contribution in [0.5, 0.6) is 5.75 Å². The van der Waals surface area contributed by atoms with E-state index in [1.165, 1.54) is 0 Å².